The number of hydrogen-bond acceptors (Lipinski definition) is 4. The van der Waals surface area contributed by atoms with Crippen LogP contribution in [-0.2, 0) is 12.8 Å². The van der Waals surface area contributed by atoms with Crippen LogP contribution in [0.4, 0.5) is 5.69 Å². The number of fused-ring (bicyclic) bond motifs is 1. The Morgan fingerprint density at radius 1 is 0.774 bits per heavy atom. The Balaban J connectivity index is 1.22. The average Bonchev–Trinajstić information content (AvgIpc) is 2.78. The van der Waals surface area contributed by atoms with Gasteiger partial charge in [0.1, 0.15) is 5.82 Å². The number of aromatic nitrogens is 3. The van der Waals surface area contributed by atoms with E-state index >= 15 is 0 Å². The Kier molecular flexibility index (Phi) is 7.34. The van der Waals surface area contributed by atoms with Crippen LogP contribution in [-0.4, -0.2) is 21.5 Å². The van der Waals surface area contributed by atoms with E-state index in [9.17, 15) is 0 Å². The van der Waals surface area contributed by atoms with E-state index in [0.29, 0.717) is 5.02 Å². The highest BCUT2D eigenvalue weighted by Gasteiger charge is 2.04. The maximum absolute atomic E-state index is 6.06. The highest BCUT2D eigenvalue weighted by atomic mass is 35.5. The second kappa shape index (κ2) is 10.6. The number of anilines is 1. The molecule has 0 bridgehead atoms. The summed E-state index contributed by atoms with van der Waals surface area (Å²) in [5.41, 5.74) is 4.25. The van der Waals surface area contributed by atoms with Crippen LogP contribution in [0.25, 0.3) is 10.9 Å². The minimum atomic E-state index is 0.705. The molecule has 0 unspecified atom stereocenters. The van der Waals surface area contributed by atoms with E-state index in [-0.39, 0.29) is 0 Å². The van der Waals surface area contributed by atoms with Gasteiger partial charge in [0, 0.05) is 58.6 Å². The van der Waals surface area contributed by atoms with Crippen molar-refractivity contribution >= 4 is 39.8 Å². The van der Waals surface area contributed by atoms with Gasteiger partial charge >= 0.3 is 0 Å². The first-order chi connectivity index (χ1) is 15.2. The third kappa shape index (κ3) is 6.16. The zero-order valence-corrected chi connectivity index (χ0v) is 18.7. The van der Waals surface area contributed by atoms with Crippen molar-refractivity contribution in [3.05, 3.63) is 94.1 Å². The molecule has 6 heteroatoms. The lowest BCUT2D eigenvalue weighted by molar-refractivity contribution is 0.676. The van der Waals surface area contributed by atoms with Gasteiger partial charge in [-0.2, -0.15) is 0 Å². The number of nitrogens with one attached hydrogen (secondary N) is 1. The van der Waals surface area contributed by atoms with Crippen molar-refractivity contribution in [3.63, 3.8) is 0 Å². The van der Waals surface area contributed by atoms with E-state index in [2.05, 4.69) is 15.3 Å². The number of halogens is 2. The van der Waals surface area contributed by atoms with Gasteiger partial charge in [-0.05, 0) is 60.9 Å². The molecule has 0 fully saturated rings. The molecule has 158 valence electrons. The van der Waals surface area contributed by atoms with Crippen LogP contribution in [0.3, 0.4) is 0 Å². The van der Waals surface area contributed by atoms with Gasteiger partial charge in [0.15, 0.2) is 0 Å². The molecule has 0 aliphatic heterocycles. The summed E-state index contributed by atoms with van der Waals surface area (Å²) in [6.07, 6.45) is 8.63. The summed E-state index contributed by atoms with van der Waals surface area (Å²) in [4.78, 5) is 13.5. The predicted molar refractivity (Wildman–Crippen MR) is 129 cm³/mol. The molecule has 4 aromatic rings. The van der Waals surface area contributed by atoms with Crippen LogP contribution in [0.5, 0.6) is 0 Å². The summed E-state index contributed by atoms with van der Waals surface area (Å²) in [7, 11) is 0. The van der Waals surface area contributed by atoms with Gasteiger partial charge in [-0.25, -0.2) is 9.97 Å². The van der Waals surface area contributed by atoms with Gasteiger partial charge in [-0.15, -0.1) is 0 Å². The number of aryl methyl sites for hydroxylation is 1. The first kappa shape index (κ1) is 21.5. The van der Waals surface area contributed by atoms with Gasteiger partial charge < -0.3 is 5.32 Å². The molecule has 0 amide bonds. The summed E-state index contributed by atoms with van der Waals surface area (Å²) in [6, 6.07) is 17.7. The molecular formula is C25H24Cl2N4. The molecule has 4 nitrogen and oxygen atoms in total. The summed E-state index contributed by atoms with van der Waals surface area (Å²) in [5, 5.41) is 6.08. The van der Waals surface area contributed by atoms with Crippen LogP contribution < -0.4 is 5.32 Å². The molecule has 4 rings (SSSR count). The lowest BCUT2D eigenvalue weighted by Gasteiger charge is -2.09. The Labute approximate surface area is 192 Å². The van der Waals surface area contributed by atoms with Crippen molar-refractivity contribution in [2.24, 2.45) is 0 Å². The fraction of sp³-hybridized carbons (Fsp3) is 0.240. The lowest BCUT2D eigenvalue weighted by atomic mass is 10.1. The maximum Gasteiger partial charge on any atom is 0.128 e. The van der Waals surface area contributed by atoms with Crippen LogP contribution in [0.15, 0.2) is 67.0 Å². The second-order valence-corrected chi connectivity index (χ2v) is 8.40. The summed E-state index contributed by atoms with van der Waals surface area (Å²) >= 11 is 12.0. The highest BCUT2D eigenvalue weighted by molar-refractivity contribution is 6.31. The van der Waals surface area contributed by atoms with E-state index in [4.69, 9.17) is 28.2 Å². The maximum atomic E-state index is 6.06. The normalized spacial score (nSPS) is 11.0. The average molecular weight is 451 g/mol. The van der Waals surface area contributed by atoms with Crippen LogP contribution >= 0.6 is 23.2 Å². The van der Waals surface area contributed by atoms with Crippen LogP contribution in [0.2, 0.25) is 10.0 Å². The molecule has 0 aliphatic carbocycles. The molecular weight excluding hydrogens is 427 g/mol. The third-order valence-electron chi connectivity index (χ3n) is 5.16. The van der Waals surface area contributed by atoms with E-state index in [1.165, 1.54) is 5.56 Å². The molecule has 2 aromatic heterocycles. The van der Waals surface area contributed by atoms with Crippen molar-refractivity contribution in [2.45, 2.75) is 32.1 Å². The van der Waals surface area contributed by atoms with E-state index in [1.807, 2.05) is 67.0 Å². The van der Waals surface area contributed by atoms with Gasteiger partial charge in [-0.1, -0.05) is 41.8 Å². The fourth-order valence-electron chi connectivity index (χ4n) is 3.55. The second-order valence-electron chi connectivity index (χ2n) is 7.52. The first-order valence-corrected chi connectivity index (χ1v) is 11.3. The van der Waals surface area contributed by atoms with Crippen molar-refractivity contribution in [1.29, 1.82) is 0 Å². The Bertz CT molecular complexity index is 1150. The van der Waals surface area contributed by atoms with E-state index in [1.54, 1.807) is 0 Å². The van der Waals surface area contributed by atoms with Gasteiger partial charge in [-0.3, -0.25) is 4.98 Å². The first-order valence-electron chi connectivity index (χ1n) is 10.5. The molecule has 0 radical (unpaired) electrons. The van der Waals surface area contributed by atoms with Gasteiger partial charge in [0.2, 0.25) is 0 Å². The molecule has 0 atom stereocenters. The summed E-state index contributed by atoms with van der Waals surface area (Å²) < 4.78 is 0. The molecule has 0 aliphatic rings. The van der Waals surface area contributed by atoms with Crippen molar-refractivity contribution in [2.75, 3.05) is 11.9 Å². The number of benzene rings is 2. The zero-order chi connectivity index (χ0) is 21.5. The summed E-state index contributed by atoms with van der Waals surface area (Å²) in [5.74, 6) is 0.913. The smallest absolute Gasteiger partial charge is 0.128 e. The molecule has 0 saturated heterocycles. The SMILES string of the molecule is Clc1ccc(Cc2ccnc(CCCCCNc3ccnc4cc(Cl)ccc34)n2)cc1. The molecule has 0 saturated carbocycles. The number of hydrogen-bond donors (Lipinski definition) is 1. The molecule has 2 aromatic carbocycles. The fourth-order valence-corrected chi connectivity index (χ4v) is 3.85. The summed E-state index contributed by atoms with van der Waals surface area (Å²) in [6.45, 7) is 0.916. The molecule has 31 heavy (non-hydrogen) atoms. The minimum Gasteiger partial charge on any atom is -0.384 e. The van der Waals surface area contributed by atoms with Crippen LogP contribution in [0, 0.1) is 0 Å². The largest absolute Gasteiger partial charge is 0.384 e. The van der Waals surface area contributed by atoms with Gasteiger partial charge in [0.05, 0.1) is 5.52 Å². The minimum absolute atomic E-state index is 0.705. The zero-order valence-electron chi connectivity index (χ0n) is 17.2. The number of rotatable bonds is 9. The van der Waals surface area contributed by atoms with E-state index < -0.39 is 0 Å². The Hall–Kier alpha value is -2.69. The van der Waals surface area contributed by atoms with Crippen molar-refractivity contribution in [3.8, 4) is 0 Å². The number of unbranched alkanes of at least 4 members (excludes halogenated alkanes) is 2. The van der Waals surface area contributed by atoms with Gasteiger partial charge in [0.25, 0.3) is 0 Å². The van der Waals surface area contributed by atoms with Crippen molar-refractivity contribution in [1.82, 2.24) is 15.0 Å². The van der Waals surface area contributed by atoms with E-state index in [0.717, 1.165) is 71.8 Å². The molecule has 1 N–H and O–H groups in total. The quantitative estimate of drug-likeness (QED) is 0.286. The number of nitrogens with zero attached hydrogens (tertiary/aromatic N) is 3. The molecule has 2 heterocycles. The highest BCUT2D eigenvalue weighted by Crippen LogP contribution is 2.24. The predicted octanol–water partition coefficient (Wildman–Crippen LogP) is 6.75. The number of pyridine rings is 1. The molecule has 0 spiro atoms. The monoisotopic (exact) mass is 450 g/mol. The lowest BCUT2D eigenvalue weighted by Crippen LogP contribution is -2.03. The van der Waals surface area contributed by atoms with Crippen molar-refractivity contribution < 1.29 is 0 Å². The Morgan fingerprint density at radius 3 is 2.45 bits per heavy atom. The van der Waals surface area contributed by atoms with Crippen LogP contribution in [0.1, 0.15) is 36.3 Å². The standard InChI is InChI=1S/C25H24Cl2N4/c26-19-7-5-18(6-8-19)16-21-11-14-30-25(31-21)4-2-1-3-13-28-23-12-15-29-24-17-20(27)9-10-22(23)24/h5-12,14-15,17H,1-4,13,16H2,(H,28,29). The topological polar surface area (TPSA) is 50.7 Å². The third-order valence-corrected chi connectivity index (χ3v) is 5.65. The Morgan fingerprint density at radius 2 is 1.58 bits per heavy atom.